The van der Waals surface area contributed by atoms with Crippen LogP contribution in [0.1, 0.15) is 75.0 Å². The van der Waals surface area contributed by atoms with Crippen molar-refractivity contribution < 1.29 is 22.4 Å². The Balaban J connectivity index is 1.30. The van der Waals surface area contributed by atoms with Crippen LogP contribution in [0.3, 0.4) is 0 Å². The molecule has 4 bridgehead atoms. The Kier molecular flexibility index (Phi) is 10.3. The summed E-state index contributed by atoms with van der Waals surface area (Å²) in [5.74, 6) is 0.905. The van der Waals surface area contributed by atoms with E-state index in [0.29, 0.717) is 12.2 Å². The number of unbranched alkanes of at least 4 members (excludes halogenated alkanes) is 1. The van der Waals surface area contributed by atoms with Crippen molar-refractivity contribution in [2.45, 2.75) is 82.7 Å². The quantitative estimate of drug-likeness (QED) is 0.195. The van der Waals surface area contributed by atoms with Crippen molar-refractivity contribution in [1.82, 2.24) is 10.2 Å². The lowest BCUT2D eigenvalue weighted by atomic mass is 9.48. The Morgan fingerprint density at radius 3 is 2.08 bits per heavy atom. The molecule has 4 aliphatic rings. The third-order valence-corrected chi connectivity index (χ3v) is 12.0. The van der Waals surface area contributed by atoms with Gasteiger partial charge in [-0.3, -0.25) is 13.9 Å². The van der Waals surface area contributed by atoms with Gasteiger partial charge in [0.2, 0.25) is 21.8 Å². The SMILES string of the molecule is CCCCNC(=O)[C@@H](Cc1ccccc1)N(Cc1ccccc1F)C(=O)CN(c1ccc(C23CC4CC(CC(C4)C2)C3)cc1)S(C)(=O)=O. The number of hydrogen-bond donors (Lipinski definition) is 1. The Bertz CT molecular complexity index is 1660. The molecule has 9 heteroatoms. The maximum absolute atomic E-state index is 15.0. The molecule has 256 valence electrons. The van der Waals surface area contributed by atoms with Gasteiger partial charge in [0, 0.05) is 25.1 Å². The predicted octanol–water partition coefficient (Wildman–Crippen LogP) is 6.62. The molecular weight excluding hydrogens is 626 g/mol. The molecule has 1 atom stereocenters. The number of amides is 2. The minimum absolute atomic E-state index is 0.158. The normalized spacial score (nSPS) is 23.4. The summed E-state index contributed by atoms with van der Waals surface area (Å²) in [7, 11) is -3.90. The van der Waals surface area contributed by atoms with E-state index in [9.17, 15) is 18.0 Å². The zero-order chi connectivity index (χ0) is 33.9. The molecule has 4 aliphatic carbocycles. The van der Waals surface area contributed by atoms with Crippen molar-refractivity contribution in [3.05, 3.63) is 101 Å². The maximum atomic E-state index is 15.0. The van der Waals surface area contributed by atoms with Crippen molar-refractivity contribution >= 4 is 27.5 Å². The van der Waals surface area contributed by atoms with Crippen molar-refractivity contribution in [3.8, 4) is 0 Å². The zero-order valence-electron chi connectivity index (χ0n) is 28.1. The van der Waals surface area contributed by atoms with Gasteiger partial charge in [-0.1, -0.05) is 74.0 Å². The van der Waals surface area contributed by atoms with Gasteiger partial charge in [-0.15, -0.1) is 0 Å². The van der Waals surface area contributed by atoms with E-state index in [-0.39, 0.29) is 29.9 Å². The summed E-state index contributed by atoms with van der Waals surface area (Å²) in [6, 6.07) is 22.3. The minimum atomic E-state index is -3.90. The Morgan fingerprint density at radius 1 is 0.896 bits per heavy atom. The Hall–Kier alpha value is -3.72. The van der Waals surface area contributed by atoms with Crippen molar-refractivity contribution in [1.29, 1.82) is 0 Å². The summed E-state index contributed by atoms with van der Waals surface area (Å²) in [5.41, 5.74) is 2.90. The van der Waals surface area contributed by atoms with Crippen LogP contribution in [0.2, 0.25) is 0 Å². The molecule has 0 unspecified atom stereocenters. The average Bonchev–Trinajstić information content (AvgIpc) is 3.05. The van der Waals surface area contributed by atoms with Gasteiger partial charge < -0.3 is 10.2 Å². The van der Waals surface area contributed by atoms with Crippen LogP contribution in [0, 0.1) is 23.6 Å². The first-order valence-corrected chi connectivity index (χ1v) is 19.3. The second kappa shape index (κ2) is 14.4. The predicted molar refractivity (Wildman–Crippen MR) is 187 cm³/mol. The molecule has 7 nitrogen and oxygen atoms in total. The summed E-state index contributed by atoms with van der Waals surface area (Å²) in [6.45, 7) is 1.76. The van der Waals surface area contributed by atoms with Gasteiger partial charge in [0.15, 0.2) is 0 Å². The molecule has 0 radical (unpaired) electrons. The molecule has 2 amide bonds. The molecule has 0 aromatic heterocycles. The van der Waals surface area contributed by atoms with Crippen LogP contribution in [0.15, 0.2) is 78.9 Å². The lowest BCUT2D eigenvalue weighted by Crippen LogP contribution is -2.53. The highest BCUT2D eigenvalue weighted by Gasteiger charge is 2.51. The molecular formula is C39H48FN3O4S. The summed E-state index contributed by atoms with van der Waals surface area (Å²) < 4.78 is 42.7. The standard InChI is InChI=1S/C39H48FN3O4S/c1-3-4-18-41-38(45)36(22-28-10-6-5-7-11-28)42(26-32-12-8-9-13-35(32)40)37(44)27-43(48(2,46)47)34-16-14-33(15-17-34)39-23-29-19-30(24-39)21-31(20-29)25-39/h5-17,29-31,36H,3-4,18-27H2,1-2H3,(H,41,45)/t29?,30?,31?,36-,39?/m1/s1. The maximum Gasteiger partial charge on any atom is 0.244 e. The topological polar surface area (TPSA) is 86.8 Å². The molecule has 48 heavy (non-hydrogen) atoms. The third kappa shape index (κ3) is 7.61. The highest BCUT2D eigenvalue weighted by Crippen LogP contribution is 2.60. The van der Waals surface area contributed by atoms with E-state index in [1.54, 1.807) is 18.2 Å². The number of nitrogens with one attached hydrogen (secondary N) is 1. The molecule has 3 aromatic carbocycles. The number of nitrogens with zero attached hydrogens (tertiary/aromatic N) is 2. The van der Waals surface area contributed by atoms with E-state index in [1.165, 1.54) is 55.1 Å². The fourth-order valence-corrected chi connectivity index (χ4v) is 9.78. The summed E-state index contributed by atoms with van der Waals surface area (Å²) in [4.78, 5) is 29.5. The lowest BCUT2D eigenvalue weighted by molar-refractivity contribution is -0.140. The average molecular weight is 674 g/mol. The van der Waals surface area contributed by atoms with E-state index in [2.05, 4.69) is 17.4 Å². The largest absolute Gasteiger partial charge is 0.354 e. The van der Waals surface area contributed by atoms with Crippen molar-refractivity contribution in [2.24, 2.45) is 17.8 Å². The van der Waals surface area contributed by atoms with Gasteiger partial charge in [0.05, 0.1) is 11.9 Å². The molecule has 7 rings (SSSR count). The number of carbonyl (C=O) groups is 2. The van der Waals surface area contributed by atoms with Crippen LogP contribution in [-0.4, -0.2) is 50.5 Å². The molecule has 1 N–H and O–H groups in total. The molecule has 0 aliphatic heterocycles. The fraction of sp³-hybridized carbons (Fsp3) is 0.487. The molecule has 0 heterocycles. The number of carbonyl (C=O) groups excluding carboxylic acids is 2. The third-order valence-electron chi connectivity index (χ3n) is 10.9. The van der Waals surface area contributed by atoms with E-state index >= 15 is 4.39 Å². The van der Waals surface area contributed by atoms with Crippen molar-refractivity contribution in [2.75, 3.05) is 23.7 Å². The summed E-state index contributed by atoms with van der Waals surface area (Å²) in [5, 5.41) is 2.96. The lowest BCUT2D eigenvalue weighted by Gasteiger charge is -2.57. The number of rotatable bonds is 14. The highest BCUT2D eigenvalue weighted by molar-refractivity contribution is 7.92. The van der Waals surface area contributed by atoms with E-state index < -0.39 is 34.3 Å². The molecule has 0 spiro atoms. The van der Waals surface area contributed by atoms with Crippen LogP contribution in [0.25, 0.3) is 0 Å². The van der Waals surface area contributed by atoms with Gasteiger partial charge in [-0.05, 0) is 97.4 Å². The van der Waals surface area contributed by atoms with Crippen LogP contribution < -0.4 is 9.62 Å². The first kappa shape index (κ1) is 34.2. The molecule has 3 aromatic rings. The first-order chi connectivity index (χ1) is 23.0. The van der Waals surface area contributed by atoms with Gasteiger partial charge in [-0.2, -0.15) is 0 Å². The number of sulfonamides is 1. The van der Waals surface area contributed by atoms with Gasteiger partial charge in [0.25, 0.3) is 0 Å². The van der Waals surface area contributed by atoms with Crippen LogP contribution in [0.5, 0.6) is 0 Å². The number of anilines is 1. The van der Waals surface area contributed by atoms with Crippen molar-refractivity contribution in [3.63, 3.8) is 0 Å². The summed E-state index contributed by atoms with van der Waals surface area (Å²) in [6.07, 6.45) is 10.5. The molecule has 4 fully saturated rings. The minimum Gasteiger partial charge on any atom is -0.354 e. The molecule has 4 saturated carbocycles. The van der Waals surface area contributed by atoms with Crippen LogP contribution in [-0.2, 0) is 38.0 Å². The van der Waals surface area contributed by atoms with E-state index in [1.807, 2.05) is 49.4 Å². The van der Waals surface area contributed by atoms with Crippen LogP contribution in [0.4, 0.5) is 10.1 Å². The monoisotopic (exact) mass is 673 g/mol. The first-order valence-electron chi connectivity index (χ1n) is 17.5. The second-order valence-corrected chi connectivity index (χ2v) is 16.4. The van der Waals surface area contributed by atoms with E-state index in [4.69, 9.17) is 0 Å². The number of hydrogen-bond acceptors (Lipinski definition) is 4. The highest BCUT2D eigenvalue weighted by atomic mass is 32.2. The van der Waals surface area contributed by atoms with Gasteiger partial charge >= 0.3 is 0 Å². The molecule has 0 saturated heterocycles. The van der Waals surface area contributed by atoms with Gasteiger partial charge in [-0.25, -0.2) is 12.8 Å². The van der Waals surface area contributed by atoms with Gasteiger partial charge in [0.1, 0.15) is 18.4 Å². The zero-order valence-corrected chi connectivity index (χ0v) is 28.9. The number of benzene rings is 3. The fourth-order valence-electron chi connectivity index (χ4n) is 8.93. The number of halogens is 1. The van der Waals surface area contributed by atoms with Crippen LogP contribution >= 0.6 is 0 Å². The Morgan fingerprint density at radius 2 is 1.50 bits per heavy atom. The van der Waals surface area contributed by atoms with E-state index in [0.717, 1.165) is 46.7 Å². The summed E-state index contributed by atoms with van der Waals surface area (Å²) >= 11 is 0. The smallest absolute Gasteiger partial charge is 0.244 e. The Labute approximate surface area is 285 Å². The second-order valence-electron chi connectivity index (χ2n) is 14.5.